The Morgan fingerprint density at radius 3 is 2.43 bits per heavy atom. The number of benzene rings is 2. The molecular formula is C17H16BrF3N2O4S. The standard InChI is InChI=1S/C17H16BrF3N2O4S/c1-3-27-15-7-4-11(18)8-16(15)28(25,26)23-14-6-5-12(22-10(2)24)9-13(14)17(19,20)21/h4-9,23H,3H2,1-2H3,(H,22,24). The van der Waals surface area contributed by atoms with Crippen molar-refractivity contribution in [2.24, 2.45) is 0 Å². The van der Waals surface area contributed by atoms with Gasteiger partial charge in [-0.05, 0) is 43.3 Å². The van der Waals surface area contributed by atoms with E-state index in [1.165, 1.54) is 18.2 Å². The number of rotatable bonds is 6. The normalized spacial score (nSPS) is 11.8. The molecule has 0 fully saturated rings. The van der Waals surface area contributed by atoms with Crippen LogP contribution in [0, 0.1) is 0 Å². The van der Waals surface area contributed by atoms with E-state index in [1.807, 2.05) is 4.72 Å². The van der Waals surface area contributed by atoms with Crippen LogP contribution in [0.15, 0.2) is 45.8 Å². The summed E-state index contributed by atoms with van der Waals surface area (Å²) in [5.74, 6) is -0.557. The van der Waals surface area contributed by atoms with E-state index >= 15 is 0 Å². The molecule has 0 unspecified atom stereocenters. The predicted octanol–water partition coefficient (Wildman–Crippen LogP) is 4.63. The molecule has 11 heteroatoms. The van der Waals surface area contributed by atoms with Gasteiger partial charge < -0.3 is 10.1 Å². The number of hydrogen-bond donors (Lipinski definition) is 2. The Kier molecular flexibility index (Phi) is 6.60. The second-order valence-electron chi connectivity index (χ2n) is 5.57. The molecule has 0 aliphatic carbocycles. The van der Waals surface area contributed by atoms with Crippen molar-refractivity contribution >= 4 is 43.2 Å². The van der Waals surface area contributed by atoms with Crippen LogP contribution in [0.3, 0.4) is 0 Å². The van der Waals surface area contributed by atoms with Crippen LogP contribution in [0.4, 0.5) is 24.5 Å². The summed E-state index contributed by atoms with van der Waals surface area (Å²) >= 11 is 3.14. The van der Waals surface area contributed by atoms with Crippen LogP contribution in [0.5, 0.6) is 5.75 Å². The van der Waals surface area contributed by atoms with Crippen LogP contribution >= 0.6 is 15.9 Å². The fraction of sp³-hybridized carbons (Fsp3) is 0.235. The average Bonchev–Trinajstić information content (AvgIpc) is 2.56. The van der Waals surface area contributed by atoms with Gasteiger partial charge in [-0.15, -0.1) is 0 Å². The quantitative estimate of drug-likeness (QED) is 0.631. The number of hydrogen-bond acceptors (Lipinski definition) is 4. The van der Waals surface area contributed by atoms with Gasteiger partial charge in [0.2, 0.25) is 5.91 Å². The number of sulfonamides is 1. The van der Waals surface area contributed by atoms with Crippen molar-refractivity contribution in [3.05, 3.63) is 46.4 Å². The second kappa shape index (κ2) is 8.39. The van der Waals surface area contributed by atoms with Crippen LogP contribution in [0.25, 0.3) is 0 Å². The van der Waals surface area contributed by atoms with E-state index in [4.69, 9.17) is 4.74 Å². The first-order valence-corrected chi connectivity index (χ1v) is 10.2. The molecule has 6 nitrogen and oxygen atoms in total. The molecule has 0 aliphatic rings. The monoisotopic (exact) mass is 480 g/mol. The first kappa shape index (κ1) is 22.0. The van der Waals surface area contributed by atoms with E-state index in [1.54, 1.807) is 13.0 Å². The first-order valence-electron chi connectivity index (χ1n) is 7.88. The third-order valence-corrected chi connectivity index (χ3v) is 5.26. The van der Waals surface area contributed by atoms with Crippen molar-refractivity contribution in [3.8, 4) is 5.75 Å². The maximum absolute atomic E-state index is 13.4. The van der Waals surface area contributed by atoms with Crippen molar-refractivity contribution in [2.45, 2.75) is 24.9 Å². The molecule has 2 rings (SSSR count). The number of alkyl halides is 3. The van der Waals surface area contributed by atoms with Crippen LogP contribution in [0.2, 0.25) is 0 Å². The molecule has 0 aromatic heterocycles. The molecule has 0 aliphatic heterocycles. The van der Waals surface area contributed by atoms with Gasteiger partial charge >= 0.3 is 6.18 Å². The number of anilines is 2. The lowest BCUT2D eigenvalue weighted by Crippen LogP contribution is -2.18. The molecule has 1 amide bonds. The zero-order valence-electron chi connectivity index (χ0n) is 14.7. The predicted molar refractivity (Wildman–Crippen MR) is 102 cm³/mol. The van der Waals surface area contributed by atoms with E-state index in [2.05, 4.69) is 21.2 Å². The molecule has 0 saturated heterocycles. The van der Waals surface area contributed by atoms with Gasteiger partial charge in [-0.25, -0.2) is 8.42 Å². The summed E-state index contributed by atoms with van der Waals surface area (Å²) in [6, 6.07) is 6.93. The van der Waals surface area contributed by atoms with Crippen LogP contribution < -0.4 is 14.8 Å². The van der Waals surface area contributed by atoms with Crippen LogP contribution in [0.1, 0.15) is 19.4 Å². The highest BCUT2D eigenvalue weighted by atomic mass is 79.9. The molecule has 0 bridgehead atoms. The smallest absolute Gasteiger partial charge is 0.418 e. The summed E-state index contributed by atoms with van der Waals surface area (Å²) in [6.45, 7) is 2.96. The van der Waals surface area contributed by atoms with Gasteiger partial charge in [-0.1, -0.05) is 15.9 Å². The highest BCUT2D eigenvalue weighted by Gasteiger charge is 2.35. The zero-order chi connectivity index (χ0) is 21.1. The van der Waals surface area contributed by atoms with Gasteiger partial charge in [-0.3, -0.25) is 9.52 Å². The zero-order valence-corrected chi connectivity index (χ0v) is 17.1. The largest absolute Gasteiger partial charge is 0.492 e. The minimum absolute atomic E-state index is 0.00150. The van der Waals surface area contributed by atoms with E-state index in [0.29, 0.717) is 10.5 Å². The highest BCUT2D eigenvalue weighted by Crippen LogP contribution is 2.38. The summed E-state index contributed by atoms with van der Waals surface area (Å²) in [7, 11) is -4.40. The lowest BCUT2D eigenvalue weighted by atomic mass is 10.1. The molecule has 0 atom stereocenters. The fourth-order valence-electron chi connectivity index (χ4n) is 2.32. The summed E-state index contributed by atoms with van der Waals surface area (Å²) in [4.78, 5) is 10.8. The van der Waals surface area contributed by atoms with Crippen molar-refractivity contribution in [3.63, 3.8) is 0 Å². The van der Waals surface area contributed by atoms with Gasteiger partial charge in [0.25, 0.3) is 10.0 Å². The molecule has 2 aromatic carbocycles. The maximum atomic E-state index is 13.4. The molecule has 0 radical (unpaired) electrons. The molecular weight excluding hydrogens is 465 g/mol. The van der Waals surface area contributed by atoms with Crippen LogP contribution in [-0.4, -0.2) is 20.9 Å². The number of amides is 1. The maximum Gasteiger partial charge on any atom is 0.418 e. The van der Waals surface area contributed by atoms with Crippen molar-refractivity contribution in [1.29, 1.82) is 0 Å². The van der Waals surface area contributed by atoms with Crippen LogP contribution in [-0.2, 0) is 21.0 Å². The summed E-state index contributed by atoms with van der Waals surface area (Å²) < 4.78 is 73.4. The van der Waals surface area contributed by atoms with Crippen molar-refractivity contribution in [1.82, 2.24) is 0 Å². The summed E-state index contributed by atoms with van der Waals surface area (Å²) in [6.07, 6.45) is -4.85. The SMILES string of the molecule is CCOc1ccc(Br)cc1S(=O)(=O)Nc1ccc(NC(C)=O)cc1C(F)(F)F. The molecule has 28 heavy (non-hydrogen) atoms. The van der Waals surface area contributed by atoms with Gasteiger partial charge in [0.05, 0.1) is 17.9 Å². The summed E-state index contributed by atoms with van der Waals surface area (Å²) in [5.41, 5.74) is -2.03. The van der Waals surface area contributed by atoms with Crippen molar-refractivity contribution in [2.75, 3.05) is 16.6 Å². The van der Waals surface area contributed by atoms with E-state index in [9.17, 15) is 26.4 Å². The minimum Gasteiger partial charge on any atom is -0.492 e. The molecule has 0 heterocycles. The molecule has 0 saturated carbocycles. The highest BCUT2D eigenvalue weighted by molar-refractivity contribution is 9.10. The Bertz CT molecular complexity index is 994. The molecule has 2 aromatic rings. The Morgan fingerprint density at radius 2 is 1.86 bits per heavy atom. The fourth-order valence-corrected chi connectivity index (χ4v) is 4.08. The molecule has 0 spiro atoms. The molecule has 2 N–H and O–H groups in total. The number of nitrogens with one attached hydrogen (secondary N) is 2. The Morgan fingerprint density at radius 1 is 1.18 bits per heavy atom. The number of halogens is 4. The first-order chi connectivity index (χ1) is 12.9. The topological polar surface area (TPSA) is 84.5 Å². The third kappa shape index (κ3) is 5.38. The lowest BCUT2D eigenvalue weighted by molar-refractivity contribution is -0.136. The second-order valence-corrected chi connectivity index (χ2v) is 8.14. The van der Waals surface area contributed by atoms with Gasteiger partial charge in [0.1, 0.15) is 10.6 Å². The lowest BCUT2D eigenvalue weighted by Gasteiger charge is -2.17. The van der Waals surface area contributed by atoms with Crippen molar-refractivity contribution < 1.29 is 31.1 Å². The number of carbonyl (C=O) groups excluding carboxylic acids is 1. The van der Waals surface area contributed by atoms with Gasteiger partial charge in [-0.2, -0.15) is 13.2 Å². The molecule has 152 valence electrons. The van der Waals surface area contributed by atoms with Gasteiger partial charge in [0, 0.05) is 17.1 Å². The Labute approximate surface area is 168 Å². The number of carbonyl (C=O) groups is 1. The number of ether oxygens (including phenoxy) is 1. The van der Waals surface area contributed by atoms with E-state index in [0.717, 1.165) is 13.0 Å². The Balaban J connectivity index is 2.52. The minimum atomic E-state index is -4.85. The van der Waals surface area contributed by atoms with E-state index < -0.39 is 33.4 Å². The third-order valence-electron chi connectivity index (χ3n) is 3.38. The summed E-state index contributed by atoms with van der Waals surface area (Å²) in [5, 5.41) is 2.23. The van der Waals surface area contributed by atoms with E-state index in [-0.39, 0.29) is 22.9 Å². The average molecular weight is 481 g/mol. The Hall–Kier alpha value is -2.27. The van der Waals surface area contributed by atoms with Gasteiger partial charge in [0.15, 0.2) is 0 Å².